The Kier molecular flexibility index (Phi) is 5.48. The second kappa shape index (κ2) is 7.91. The molecule has 29 heavy (non-hydrogen) atoms. The van der Waals surface area contributed by atoms with Crippen LogP contribution in [0.4, 0.5) is 4.79 Å². The lowest BCUT2D eigenvalue weighted by atomic mass is 9.85. The lowest BCUT2D eigenvalue weighted by Crippen LogP contribution is -2.40. The fraction of sp³-hybridized carbons (Fsp3) is 0.571. The second-order valence-electron chi connectivity index (χ2n) is 8.35. The number of aliphatic hydroxyl groups excluding tert-OH is 1. The topological polar surface area (TPSA) is 91.5 Å². The van der Waals surface area contributed by atoms with Gasteiger partial charge >= 0.3 is 6.09 Å². The van der Waals surface area contributed by atoms with Crippen molar-refractivity contribution in [2.75, 3.05) is 6.54 Å². The molecule has 1 amide bonds. The van der Waals surface area contributed by atoms with E-state index < -0.39 is 12.2 Å². The number of fused-ring (bicyclic) bond motifs is 3. The minimum Gasteiger partial charge on any atom is -0.465 e. The summed E-state index contributed by atoms with van der Waals surface area (Å²) in [5, 5.41) is 21.9. The van der Waals surface area contributed by atoms with Crippen molar-refractivity contribution >= 4 is 38.7 Å². The molecule has 0 radical (unpaired) electrons. The maximum Gasteiger partial charge on any atom is 0.407 e. The minimum absolute atomic E-state index is 0.00994. The first-order valence-corrected chi connectivity index (χ1v) is 11.2. The van der Waals surface area contributed by atoms with Crippen LogP contribution < -0.4 is 0 Å². The van der Waals surface area contributed by atoms with Crippen LogP contribution in [-0.4, -0.2) is 48.3 Å². The number of aromatic nitrogens is 3. The largest absolute Gasteiger partial charge is 0.465 e. The number of amides is 1. The molecule has 1 fully saturated rings. The van der Waals surface area contributed by atoms with Crippen LogP contribution in [0.25, 0.3) is 21.3 Å². The molecule has 3 aromatic heterocycles. The summed E-state index contributed by atoms with van der Waals surface area (Å²) >= 11 is 1.66. The number of imidazole rings is 1. The summed E-state index contributed by atoms with van der Waals surface area (Å²) < 4.78 is 3.34. The maximum atomic E-state index is 11.5. The molecule has 0 aliphatic heterocycles. The van der Waals surface area contributed by atoms with Crippen molar-refractivity contribution in [1.29, 1.82) is 0 Å². The standard InChI is InChI=1S/C21H28N4O3S/c1-12(2)24(21(27)28)11-14-4-6-15(7-5-14)25-18-17(23-20(25)13(3)26)10-22-16-8-9-29-19(16)18/h8-10,12-15,26H,4-7,11H2,1-3H3,(H,27,28)/t13-,14?,15?/m1/s1. The highest BCUT2D eigenvalue weighted by molar-refractivity contribution is 7.18. The zero-order chi connectivity index (χ0) is 20.7. The van der Waals surface area contributed by atoms with Crippen molar-refractivity contribution in [3.05, 3.63) is 23.5 Å². The van der Waals surface area contributed by atoms with Crippen LogP contribution in [0.5, 0.6) is 0 Å². The van der Waals surface area contributed by atoms with Crippen LogP contribution in [0.15, 0.2) is 17.6 Å². The molecule has 1 atom stereocenters. The lowest BCUT2D eigenvalue weighted by Gasteiger charge is -2.34. The SMILES string of the molecule is CC(C)N(CC1CCC(n2c([C@@H](C)O)nc3cnc4ccsc4c32)CC1)C(=O)O. The Morgan fingerprint density at radius 1 is 1.28 bits per heavy atom. The van der Waals surface area contributed by atoms with Gasteiger partial charge in [0.25, 0.3) is 0 Å². The first kappa shape index (κ1) is 20.1. The van der Waals surface area contributed by atoms with E-state index in [0.717, 1.165) is 46.9 Å². The van der Waals surface area contributed by atoms with Gasteiger partial charge in [0.2, 0.25) is 0 Å². The van der Waals surface area contributed by atoms with Crippen LogP contribution >= 0.6 is 11.3 Å². The zero-order valence-electron chi connectivity index (χ0n) is 17.1. The summed E-state index contributed by atoms with van der Waals surface area (Å²) in [5.74, 6) is 1.07. The Labute approximate surface area is 174 Å². The smallest absolute Gasteiger partial charge is 0.407 e. The lowest BCUT2D eigenvalue weighted by molar-refractivity contribution is 0.111. The maximum absolute atomic E-state index is 11.5. The van der Waals surface area contributed by atoms with Crippen molar-refractivity contribution < 1.29 is 15.0 Å². The zero-order valence-corrected chi connectivity index (χ0v) is 17.9. The monoisotopic (exact) mass is 416 g/mol. The molecule has 1 aliphatic rings. The Bertz CT molecular complexity index is 1020. The molecule has 0 saturated heterocycles. The summed E-state index contributed by atoms with van der Waals surface area (Å²) in [5.41, 5.74) is 2.86. The number of rotatable bonds is 5. The molecule has 3 aromatic rings. The van der Waals surface area contributed by atoms with Gasteiger partial charge in [-0.05, 0) is 63.8 Å². The molecule has 0 spiro atoms. The third-order valence-corrected chi connectivity index (χ3v) is 6.94. The van der Waals surface area contributed by atoms with Gasteiger partial charge in [-0.1, -0.05) is 0 Å². The molecule has 7 nitrogen and oxygen atoms in total. The molecule has 2 N–H and O–H groups in total. The molecule has 0 bridgehead atoms. The molecule has 0 unspecified atom stereocenters. The summed E-state index contributed by atoms with van der Waals surface area (Å²) in [4.78, 5) is 22.3. The Morgan fingerprint density at radius 2 is 2.00 bits per heavy atom. The fourth-order valence-corrected chi connectivity index (χ4v) is 5.42. The number of carbonyl (C=O) groups is 1. The number of thiophene rings is 1. The van der Waals surface area contributed by atoms with Crippen LogP contribution in [-0.2, 0) is 0 Å². The van der Waals surface area contributed by atoms with Crippen LogP contribution in [0.1, 0.15) is 64.4 Å². The Balaban J connectivity index is 1.62. The predicted molar refractivity (Wildman–Crippen MR) is 114 cm³/mol. The highest BCUT2D eigenvalue weighted by Gasteiger charge is 2.30. The first-order valence-electron chi connectivity index (χ1n) is 10.3. The van der Waals surface area contributed by atoms with Crippen LogP contribution in [0.3, 0.4) is 0 Å². The van der Waals surface area contributed by atoms with E-state index >= 15 is 0 Å². The number of pyridine rings is 1. The van der Waals surface area contributed by atoms with E-state index in [1.165, 1.54) is 0 Å². The quantitative estimate of drug-likeness (QED) is 0.622. The van der Waals surface area contributed by atoms with Gasteiger partial charge in [0.1, 0.15) is 17.4 Å². The van der Waals surface area contributed by atoms with E-state index in [9.17, 15) is 15.0 Å². The molecule has 1 saturated carbocycles. The number of hydrogen-bond donors (Lipinski definition) is 2. The molecule has 3 heterocycles. The molecular weight excluding hydrogens is 388 g/mol. The number of nitrogens with zero attached hydrogens (tertiary/aromatic N) is 4. The molecule has 4 rings (SSSR count). The minimum atomic E-state index is -0.841. The summed E-state index contributed by atoms with van der Waals surface area (Å²) in [6, 6.07) is 2.26. The Hall–Kier alpha value is -2.19. The predicted octanol–water partition coefficient (Wildman–Crippen LogP) is 4.82. The second-order valence-corrected chi connectivity index (χ2v) is 9.26. The van der Waals surface area contributed by atoms with Crippen molar-refractivity contribution in [1.82, 2.24) is 19.4 Å². The number of hydrogen-bond acceptors (Lipinski definition) is 5. The fourth-order valence-electron chi connectivity index (χ4n) is 4.53. The van der Waals surface area contributed by atoms with Crippen molar-refractivity contribution in [2.24, 2.45) is 5.92 Å². The number of aliphatic hydroxyl groups is 1. The molecule has 156 valence electrons. The normalized spacial score (nSPS) is 21.1. The van der Waals surface area contributed by atoms with Gasteiger partial charge in [0.05, 0.1) is 21.9 Å². The summed E-state index contributed by atoms with van der Waals surface area (Å²) in [7, 11) is 0. The van der Waals surface area contributed by atoms with Gasteiger partial charge in [-0.15, -0.1) is 11.3 Å². The first-order chi connectivity index (χ1) is 13.9. The van der Waals surface area contributed by atoms with Gasteiger partial charge in [0.15, 0.2) is 0 Å². The molecule has 8 heteroatoms. The molecule has 0 aromatic carbocycles. The highest BCUT2D eigenvalue weighted by Crippen LogP contribution is 2.39. The van der Waals surface area contributed by atoms with Gasteiger partial charge in [-0.25, -0.2) is 9.78 Å². The molecular formula is C21H28N4O3S. The van der Waals surface area contributed by atoms with Gasteiger partial charge in [-0.3, -0.25) is 4.98 Å². The van der Waals surface area contributed by atoms with Crippen molar-refractivity contribution in [3.8, 4) is 0 Å². The summed E-state index contributed by atoms with van der Waals surface area (Å²) in [6.45, 7) is 6.20. The van der Waals surface area contributed by atoms with Gasteiger partial charge in [0, 0.05) is 18.6 Å². The Morgan fingerprint density at radius 3 is 2.62 bits per heavy atom. The van der Waals surface area contributed by atoms with E-state index in [4.69, 9.17) is 4.98 Å². The van der Waals surface area contributed by atoms with E-state index in [-0.39, 0.29) is 12.1 Å². The third kappa shape index (κ3) is 3.71. The van der Waals surface area contributed by atoms with E-state index in [0.29, 0.717) is 18.3 Å². The van der Waals surface area contributed by atoms with E-state index in [1.54, 1.807) is 29.4 Å². The summed E-state index contributed by atoms with van der Waals surface area (Å²) in [6.07, 6.45) is 4.15. The van der Waals surface area contributed by atoms with Gasteiger partial charge < -0.3 is 19.7 Å². The van der Waals surface area contributed by atoms with Crippen LogP contribution in [0, 0.1) is 5.92 Å². The van der Waals surface area contributed by atoms with Crippen LogP contribution in [0.2, 0.25) is 0 Å². The number of carboxylic acid groups (broad SMARTS) is 1. The van der Waals surface area contributed by atoms with Crippen molar-refractivity contribution in [3.63, 3.8) is 0 Å². The average molecular weight is 417 g/mol. The van der Waals surface area contributed by atoms with Gasteiger partial charge in [-0.2, -0.15) is 0 Å². The van der Waals surface area contributed by atoms with E-state index in [2.05, 4.69) is 9.55 Å². The average Bonchev–Trinajstić information content (AvgIpc) is 3.30. The van der Waals surface area contributed by atoms with E-state index in [1.807, 2.05) is 25.3 Å². The molecule has 1 aliphatic carbocycles. The van der Waals surface area contributed by atoms with Crippen molar-refractivity contribution in [2.45, 2.75) is 64.6 Å². The highest BCUT2D eigenvalue weighted by atomic mass is 32.1. The third-order valence-electron chi connectivity index (χ3n) is 6.03.